The van der Waals surface area contributed by atoms with Crippen molar-refractivity contribution in [1.29, 1.82) is 0 Å². The van der Waals surface area contributed by atoms with E-state index in [1.54, 1.807) is 0 Å². The maximum absolute atomic E-state index is 12.1. The Bertz CT molecular complexity index is 400. The molecule has 1 unspecified atom stereocenters. The molecule has 1 aliphatic heterocycles. The van der Waals surface area contributed by atoms with Crippen LogP contribution in [-0.2, 0) is 15.9 Å². The molecule has 0 radical (unpaired) electrons. The summed E-state index contributed by atoms with van der Waals surface area (Å²) in [5, 5.41) is 3.08. The summed E-state index contributed by atoms with van der Waals surface area (Å²) >= 11 is 0. The topological polar surface area (TPSA) is 47.6 Å². The Balaban J connectivity index is 2.03. The minimum atomic E-state index is -0.239. The molecule has 0 spiro atoms. The largest absolute Gasteiger partial charge is 0.456 e. The van der Waals surface area contributed by atoms with Crippen LogP contribution < -0.4 is 5.32 Å². The van der Waals surface area contributed by atoms with E-state index in [9.17, 15) is 4.79 Å². The van der Waals surface area contributed by atoms with Gasteiger partial charge in [-0.1, -0.05) is 18.2 Å². The number of likely N-dealkylation sites (N-methyl/N-ethyl adjacent to an activating group) is 1. The first-order valence-electron chi connectivity index (χ1n) is 6.32. The lowest BCUT2D eigenvalue weighted by Crippen LogP contribution is -2.20. The lowest BCUT2D eigenvalue weighted by Gasteiger charge is -2.12. The first-order chi connectivity index (χ1) is 8.81. The van der Waals surface area contributed by atoms with E-state index in [0.29, 0.717) is 18.8 Å². The van der Waals surface area contributed by atoms with Crippen LogP contribution in [-0.4, -0.2) is 38.9 Å². The van der Waals surface area contributed by atoms with Gasteiger partial charge >= 0.3 is 5.97 Å². The number of benzene rings is 1. The summed E-state index contributed by atoms with van der Waals surface area (Å²) in [5.41, 5.74) is 1.69. The number of carbonyl (C=O) groups excluding carboxylic acids is 1. The molecule has 1 aromatic rings. The van der Waals surface area contributed by atoms with Crippen molar-refractivity contribution < 1.29 is 14.3 Å². The van der Waals surface area contributed by atoms with Gasteiger partial charge in [-0.3, -0.25) is 0 Å². The van der Waals surface area contributed by atoms with Gasteiger partial charge in [-0.05, 0) is 31.6 Å². The van der Waals surface area contributed by atoms with Crippen LogP contribution in [0.5, 0.6) is 0 Å². The first kappa shape index (κ1) is 13.1. The normalized spacial score (nSPS) is 18.8. The summed E-state index contributed by atoms with van der Waals surface area (Å²) in [4.78, 5) is 12.1. The third-order valence-corrected chi connectivity index (χ3v) is 3.04. The predicted molar refractivity (Wildman–Crippen MR) is 68.7 cm³/mol. The van der Waals surface area contributed by atoms with Crippen LogP contribution in [0.1, 0.15) is 22.3 Å². The van der Waals surface area contributed by atoms with Crippen molar-refractivity contribution in [3.63, 3.8) is 0 Å². The highest BCUT2D eigenvalue weighted by molar-refractivity contribution is 5.91. The zero-order chi connectivity index (χ0) is 12.8. The molecule has 1 aliphatic rings. The number of rotatable bonds is 5. The fraction of sp³-hybridized carbons (Fsp3) is 0.500. The maximum atomic E-state index is 12.1. The van der Waals surface area contributed by atoms with Gasteiger partial charge in [-0.25, -0.2) is 4.79 Å². The highest BCUT2D eigenvalue weighted by atomic mass is 16.6. The molecular weight excluding hydrogens is 230 g/mol. The fourth-order valence-electron chi connectivity index (χ4n) is 2.02. The van der Waals surface area contributed by atoms with Crippen molar-refractivity contribution >= 4 is 5.97 Å². The minimum absolute atomic E-state index is 0.0881. The van der Waals surface area contributed by atoms with Gasteiger partial charge in [-0.2, -0.15) is 0 Å². The van der Waals surface area contributed by atoms with Crippen molar-refractivity contribution in [2.24, 2.45) is 0 Å². The molecule has 98 valence electrons. The van der Waals surface area contributed by atoms with Gasteiger partial charge in [0.1, 0.15) is 6.10 Å². The number of ether oxygens (including phenoxy) is 2. The van der Waals surface area contributed by atoms with Crippen LogP contribution in [0, 0.1) is 0 Å². The average molecular weight is 249 g/mol. The van der Waals surface area contributed by atoms with Gasteiger partial charge in [0.15, 0.2) is 0 Å². The number of hydrogen-bond donors (Lipinski definition) is 1. The third kappa shape index (κ3) is 3.31. The molecule has 4 nitrogen and oxygen atoms in total. The van der Waals surface area contributed by atoms with E-state index in [-0.39, 0.29) is 12.1 Å². The fourth-order valence-corrected chi connectivity index (χ4v) is 2.02. The summed E-state index contributed by atoms with van der Waals surface area (Å²) in [6, 6.07) is 7.60. The van der Waals surface area contributed by atoms with Crippen molar-refractivity contribution in [2.75, 3.05) is 26.8 Å². The van der Waals surface area contributed by atoms with E-state index < -0.39 is 0 Å². The second kappa shape index (κ2) is 6.52. The number of nitrogens with one attached hydrogen (secondary N) is 1. The van der Waals surface area contributed by atoms with E-state index in [4.69, 9.17) is 9.47 Å². The van der Waals surface area contributed by atoms with Crippen LogP contribution in [0.15, 0.2) is 24.3 Å². The standard InChI is InChI=1S/C14H19NO3/c1-15-8-6-11-4-2-3-5-13(11)14(16)18-12-7-9-17-10-12/h2-5,12,15H,6-10H2,1H3. The molecule has 0 aliphatic carbocycles. The van der Waals surface area contributed by atoms with Crippen molar-refractivity contribution in [3.05, 3.63) is 35.4 Å². The van der Waals surface area contributed by atoms with Gasteiger partial charge in [-0.15, -0.1) is 0 Å². The monoisotopic (exact) mass is 249 g/mol. The van der Waals surface area contributed by atoms with Gasteiger partial charge in [0.05, 0.1) is 18.8 Å². The molecule has 0 aromatic heterocycles. The molecule has 2 rings (SSSR count). The lowest BCUT2D eigenvalue weighted by molar-refractivity contribution is 0.0269. The maximum Gasteiger partial charge on any atom is 0.338 e. The Kier molecular flexibility index (Phi) is 4.73. The second-order valence-electron chi connectivity index (χ2n) is 4.40. The van der Waals surface area contributed by atoms with Crippen LogP contribution in [0.3, 0.4) is 0 Å². The summed E-state index contributed by atoms with van der Waals surface area (Å²) in [5.74, 6) is -0.239. The average Bonchev–Trinajstić information content (AvgIpc) is 2.89. The van der Waals surface area contributed by atoms with Gasteiger partial charge < -0.3 is 14.8 Å². The van der Waals surface area contributed by atoms with E-state index in [1.165, 1.54) is 0 Å². The lowest BCUT2D eigenvalue weighted by atomic mass is 10.0. The van der Waals surface area contributed by atoms with E-state index >= 15 is 0 Å². The Hall–Kier alpha value is -1.39. The number of esters is 1. The molecule has 1 heterocycles. The third-order valence-electron chi connectivity index (χ3n) is 3.04. The highest BCUT2D eigenvalue weighted by Gasteiger charge is 2.21. The van der Waals surface area contributed by atoms with Gasteiger partial charge in [0, 0.05) is 6.42 Å². The summed E-state index contributed by atoms with van der Waals surface area (Å²) in [7, 11) is 1.90. The number of hydrogen-bond acceptors (Lipinski definition) is 4. The Labute approximate surface area is 107 Å². The van der Waals surface area contributed by atoms with Crippen molar-refractivity contribution in [2.45, 2.75) is 18.9 Å². The molecule has 18 heavy (non-hydrogen) atoms. The summed E-state index contributed by atoms with van der Waals surface area (Å²) < 4.78 is 10.6. The molecule has 1 atom stereocenters. The molecule has 1 N–H and O–H groups in total. The number of carbonyl (C=O) groups is 1. The van der Waals surface area contributed by atoms with Crippen molar-refractivity contribution in [1.82, 2.24) is 5.32 Å². The smallest absolute Gasteiger partial charge is 0.338 e. The van der Waals surface area contributed by atoms with Gasteiger partial charge in [0.2, 0.25) is 0 Å². The molecular formula is C14H19NO3. The van der Waals surface area contributed by atoms with E-state index in [0.717, 1.165) is 24.9 Å². The molecule has 0 saturated carbocycles. The first-order valence-corrected chi connectivity index (χ1v) is 6.32. The molecule has 0 amide bonds. The summed E-state index contributed by atoms with van der Waals surface area (Å²) in [6.07, 6.45) is 1.53. The Morgan fingerprint density at radius 2 is 2.33 bits per heavy atom. The van der Waals surface area contributed by atoms with Crippen LogP contribution >= 0.6 is 0 Å². The summed E-state index contributed by atoms with van der Waals surface area (Å²) in [6.45, 7) is 2.04. The quantitative estimate of drug-likeness (QED) is 0.801. The van der Waals surface area contributed by atoms with E-state index in [1.807, 2.05) is 31.3 Å². The van der Waals surface area contributed by atoms with Crippen molar-refractivity contribution in [3.8, 4) is 0 Å². The molecule has 1 fully saturated rings. The molecule has 0 bridgehead atoms. The minimum Gasteiger partial charge on any atom is -0.456 e. The Morgan fingerprint density at radius 1 is 1.50 bits per heavy atom. The predicted octanol–water partition coefficient (Wildman–Crippen LogP) is 1.39. The second-order valence-corrected chi connectivity index (χ2v) is 4.40. The van der Waals surface area contributed by atoms with Crippen LogP contribution in [0.25, 0.3) is 0 Å². The van der Waals surface area contributed by atoms with Crippen LogP contribution in [0.4, 0.5) is 0 Å². The van der Waals surface area contributed by atoms with Crippen LogP contribution in [0.2, 0.25) is 0 Å². The van der Waals surface area contributed by atoms with E-state index in [2.05, 4.69) is 5.32 Å². The highest BCUT2D eigenvalue weighted by Crippen LogP contribution is 2.15. The SMILES string of the molecule is CNCCc1ccccc1C(=O)OC1CCOC1. The molecule has 1 saturated heterocycles. The molecule has 1 aromatic carbocycles. The zero-order valence-corrected chi connectivity index (χ0v) is 10.6. The van der Waals surface area contributed by atoms with Gasteiger partial charge in [0.25, 0.3) is 0 Å². The zero-order valence-electron chi connectivity index (χ0n) is 10.6. The molecule has 4 heteroatoms. The Morgan fingerprint density at radius 3 is 3.06 bits per heavy atom.